The molecule has 0 aliphatic heterocycles. The second-order valence-corrected chi connectivity index (χ2v) is 3.74. The SMILES string of the molecule is Cc1cnnc(NCCc2ccnn2C)c1. The Kier molecular flexibility index (Phi) is 3.14. The zero-order chi connectivity index (χ0) is 11.4. The molecule has 2 rings (SSSR count). The minimum atomic E-state index is 0.821. The fourth-order valence-electron chi connectivity index (χ4n) is 1.52. The molecule has 0 atom stereocenters. The van der Waals surface area contributed by atoms with E-state index in [0.717, 1.165) is 24.3 Å². The predicted octanol–water partition coefficient (Wildman–Crippen LogP) is 1.17. The van der Waals surface area contributed by atoms with Gasteiger partial charge in [0.15, 0.2) is 0 Å². The predicted molar refractivity (Wildman–Crippen MR) is 62.2 cm³/mol. The van der Waals surface area contributed by atoms with Gasteiger partial charge >= 0.3 is 0 Å². The van der Waals surface area contributed by atoms with Crippen molar-refractivity contribution in [1.82, 2.24) is 20.0 Å². The van der Waals surface area contributed by atoms with E-state index in [1.54, 1.807) is 6.20 Å². The van der Waals surface area contributed by atoms with Crippen LogP contribution >= 0.6 is 0 Å². The lowest BCUT2D eigenvalue weighted by Gasteiger charge is -2.05. The van der Waals surface area contributed by atoms with Crippen LogP contribution in [0.2, 0.25) is 0 Å². The zero-order valence-electron chi connectivity index (χ0n) is 9.51. The molecule has 0 spiro atoms. The Morgan fingerprint density at radius 3 is 3.00 bits per heavy atom. The Hall–Kier alpha value is -1.91. The summed E-state index contributed by atoms with van der Waals surface area (Å²) in [4.78, 5) is 0. The molecule has 2 aromatic heterocycles. The minimum absolute atomic E-state index is 0.821. The molecular weight excluding hydrogens is 202 g/mol. The lowest BCUT2D eigenvalue weighted by Crippen LogP contribution is -2.09. The van der Waals surface area contributed by atoms with Crippen molar-refractivity contribution in [2.75, 3.05) is 11.9 Å². The van der Waals surface area contributed by atoms with E-state index in [1.807, 2.05) is 37.0 Å². The first-order chi connectivity index (χ1) is 7.75. The van der Waals surface area contributed by atoms with Crippen LogP contribution in [0.3, 0.4) is 0 Å². The first-order valence-electron chi connectivity index (χ1n) is 5.26. The summed E-state index contributed by atoms with van der Waals surface area (Å²) in [6, 6.07) is 4.00. The molecule has 0 aliphatic rings. The van der Waals surface area contributed by atoms with Gasteiger partial charge in [-0.2, -0.15) is 10.2 Å². The summed E-state index contributed by atoms with van der Waals surface area (Å²) in [5.41, 5.74) is 2.31. The third kappa shape index (κ3) is 2.56. The van der Waals surface area contributed by atoms with Crippen LogP contribution in [0.4, 0.5) is 5.82 Å². The van der Waals surface area contributed by atoms with Crippen LogP contribution < -0.4 is 5.32 Å². The largest absolute Gasteiger partial charge is 0.368 e. The number of rotatable bonds is 4. The molecule has 16 heavy (non-hydrogen) atoms. The minimum Gasteiger partial charge on any atom is -0.368 e. The summed E-state index contributed by atoms with van der Waals surface area (Å²) < 4.78 is 1.88. The number of nitrogens with zero attached hydrogens (tertiary/aromatic N) is 4. The molecule has 0 saturated carbocycles. The molecule has 0 saturated heterocycles. The van der Waals surface area contributed by atoms with Crippen molar-refractivity contribution in [2.24, 2.45) is 7.05 Å². The maximum absolute atomic E-state index is 4.12. The number of anilines is 1. The monoisotopic (exact) mass is 217 g/mol. The number of hydrogen-bond acceptors (Lipinski definition) is 4. The van der Waals surface area contributed by atoms with E-state index in [0.29, 0.717) is 0 Å². The maximum Gasteiger partial charge on any atom is 0.148 e. The molecule has 1 N–H and O–H groups in total. The van der Waals surface area contributed by atoms with Crippen LogP contribution in [-0.4, -0.2) is 26.5 Å². The molecule has 0 fully saturated rings. The third-order valence-corrected chi connectivity index (χ3v) is 2.40. The summed E-state index contributed by atoms with van der Waals surface area (Å²) in [6.45, 7) is 2.83. The smallest absolute Gasteiger partial charge is 0.148 e. The molecule has 2 heterocycles. The fraction of sp³-hybridized carbons (Fsp3) is 0.364. The van der Waals surface area contributed by atoms with E-state index >= 15 is 0 Å². The quantitative estimate of drug-likeness (QED) is 0.835. The average molecular weight is 217 g/mol. The second-order valence-electron chi connectivity index (χ2n) is 3.74. The van der Waals surface area contributed by atoms with Crippen molar-refractivity contribution in [3.8, 4) is 0 Å². The standard InChI is InChI=1S/C11H15N5/c1-9-7-11(15-13-8-9)12-5-3-10-4-6-14-16(10)2/h4,6-8H,3,5H2,1-2H3,(H,12,15). The Labute approximate surface area is 94.5 Å². The highest BCUT2D eigenvalue weighted by Crippen LogP contribution is 2.04. The number of aryl methyl sites for hydroxylation is 2. The highest BCUT2D eigenvalue weighted by molar-refractivity contribution is 5.35. The van der Waals surface area contributed by atoms with Gasteiger partial charge in [0, 0.05) is 31.9 Å². The van der Waals surface area contributed by atoms with Crippen LogP contribution in [0, 0.1) is 6.92 Å². The summed E-state index contributed by atoms with van der Waals surface area (Å²) in [7, 11) is 1.95. The van der Waals surface area contributed by atoms with E-state index in [9.17, 15) is 0 Å². The van der Waals surface area contributed by atoms with Crippen molar-refractivity contribution >= 4 is 5.82 Å². The summed E-state index contributed by atoms with van der Waals surface area (Å²) in [5, 5.41) is 15.2. The Bertz CT molecular complexity index is 463. The zero-order valence-corrected chi connectivity index (χ0v) is 9.51. The van der Waals surface area contributed by atoms with Gasteiger partial charge in [0.05, 0.1) is 6.20 Å². The van der Waals surface area contributed by atoms with Gasteiger partial charge in [0.2, 0.25) is 0 Å². The van der Waals surface area contributed by atoms with E-state index in [4.69, 9.17) is 0 Å². The highest BCUT2D eigenvalue weighted by Gasteiger charge is 1.99. The van der Waals surface area contributed by atoms with Gasteiger partial charge in [-0.25, -0.2) is 0 Å². The van der Waals surface area contributed by atoms with Crippen molar-refractivity contribution in [1.29, 1.82) is 0 Å². The molecule has 0 aliphatic carbocycles. The van der Waals surface area contributed by atoms with Crippen LogP contribution in [0.5, 0.6) is 0 Å². The van der Waals surface area contributed by atoms with E-state index in [1.165, 1.54) is 5.69 Å². The summed E-state index contributed by atoms with van der Waals surface area (Å²) >= 11 is 0. The fourth-order valence-corrected chi connectivity index (χ4v) is 1.52. The van der Waals surface area contributed by atoms with E-state index in [2.05, 4.69) is 20.6 Å². The van der Waals surface area contributed by atoms with Gasteiger partial charge in [-0.1, -0.05) is 0 Å². The second kappa shape index (κ2) is 4.74. The van der Waals surface area contributed by atoms with Crippen LogP contribution in [0.25, 0.3) is 0 Å². The number of hydrogen-bond donors (Lipinski definition) is 1. The summed E-state index contributed by atoms with van der Waals surface area (Å²) in [6.07, 6.45) is 4.47. The van der Waals surface area contributed by atoms with Crippen molar-refractivity contribution in [2.45, 2.75) is 13.3 Å². The van der Waals surface area contributed by atoms with E-state index in [-0.39, 0.29) is 0 Å². The highest BCUT2D eigenvalue weighted by atomic mass is 15.3. The average Bonchev–Trinajstić information content (AvgIpc) is 2.65. The first-order valence-corrected chi connectivity index (χ1v) is 5.26. The van der Waals surface area contributed by atoms with Crippen LogP contribution in [-0.2, 0) is 13.5 Å². The van der Waals surface area contributed by atoms with Gasteiger partial charge in [0.25, 0.3) is 0 Å². The molecule has 0 radical (unpaired) electrons. The molecule has 0 aromatic carbocycles. The first kappa shape index (κ1) is 10.6. The molecular formula is C11H15N5. The van der Waals surface area contributed by atoms with Crippen LogP contribution in [0.15, 0.2) is 24.5 Å². The van der Waals surface area contributed by atoms with E-state index < -0.39 is 0 Å². The van der Waals surface area contributed by atoms with Crippen molar-refractivity contribution in [3.63, 3.8) is 0 Å². The molecule has 0 unspecified atom stereocenters. The Balaban J connectivity index is 1.87. The Morgan fingerprint density at radius 1 is 1.44 bits per heavy atom. The van der Waals surface area contributed by atoms with Crippen molar-refractivity contribution in [3.05, 3.63) is 35.8 Å². The van der Waals surface area contributed by atoms with Gasteiger partial charge in [-0.05, 0) is 24.6 Å². The number of aromatic nitrogens is 4. The molecule has 0 bridgehead atoms. The summed E-state index contributed by atoms with van der Waals surface area (Å²) in [5.74, 6) is 0.821. The lowest BCUT2D eigenvalue weighted by atomic mass is 10.3. The van der Waals surface area contributed by atoms with Crippen molar-refractivity contribution < 1.29 is 0 Å². The van der Waals surface area contributed by atoms with Crippen LogP contribution in [0.1, 0.15) is 11.3 Å². The lowest BCUT2D eigenvalue weighted by molar-refractivity contribution is 0.710. The van der Waals surface area contributed by atoms with Gasteiger partial charge in [0.1, 0.15) is 5.82 Å². The third-order valence-electron chi connectivity index (χ3n) is 2.40. The van der Waals surface area contributed by atoms with Gasteiger partial charge in [-0.3, -0.25) is 4.68 Å². The normalized spacial score (nSPS) is 10.4. The molecule has 0 amide bonds. The number of nitrogens with one attached hydrogen (secondary N) is 1. The van der Waals surface area contributed by atoms with Gasteiger partial charge < -0.3 is 5.32 Å². The molecule has 84 valence electrons. The van der Waals surface area contributed by atoms with Gasteiger partial charge in [-0.15, -0.1) is 5.10 Å². The topological polar surface area (TPSA) is 55.6 Å². The molecule has 2 aromatic rings. The Morgan fingerprint density at radius 2 is 2.31 bits per heavy atom. The maximum atomic E-state index is 4.12. The molecule has 5 nitrogen and oxygen atoms in total. The molecule has 5 heteroatoms.